The molecular formula is C16H28N2S. The van der Waals surface area contributed by atoms with Gasteiger partial charge >= 0.3 is 0 Å². The Balaban J connectivity index is 1.85. The highest BCUT2D eigenvalue weighted by molar-refractivity contribution is 7.07. The zero-order valence-corrected chi connectivity index (χ0v) is 13.3. The second-order valence-electron chi connectivity index (χ2n) is 6.19. The van der Waals surface area contributed by atoms with Crippen LogP contribution >= 0.6 is 11.3 Å². The van der Waals surface area contributed by atoms with E-state index in [1.165, 1.54) is 50.8 Å². The molecule has 1 aliphatic carbocycles. The summed E-state index contributed by atoms with van der Waals surface area (Å²) in [7, 11) is 2.28. The van der Waals surface area contributed by atoms with Gasteiger partial charge in [-0.3, -0.25) is 0 Å². The second-order valence-corrected chi connectivity index (χ2v) is 6.97. The van der Waals surface area contributed by atoms with E-state index < -0.39 is 0 Å². The highest BCUT2D eigenvalue weighted by Crippen LogP contribution is 2.38. The predicted octanol–water partition coefficient (Wildman–Crippen LogP) is 3.74. The van der Waals surface area contributed by atoms with Gasteiger partial charge in [0.05, 0.1) is 0 Å². The van der Waals surface area contributed by atoms with Crippen molar-refractivity contribution in [2.75, 3.05) is 26.7 Å². The monoisotopic (exact) mass is 280 g/mol. The number of nitrogens with one attached hydrogen (secondary N) is 1. The van der Waals surface area contributed by atoms with Gasteiger partial charge in [-0.25, -0.2) is 0 Å². The molecule has 0 atom stereocenters. The summed E-state index contributed by atoms with van der Waals surface area (Å²) in [5, 5.41) is 8.11. The van der Waals surface area contributed by atoms with Crippen molar-refractivity contribution in [2.45, 2.75) is 45.6 Å². The van der Waals surface area contributed by atoms with Crippen molar-refractivity contribution in [3.8, 4) is 0 Å². The van der Waals surface area contributed by atoms with Crippen molar-refractivity contribution in [1.29, 1.82) is 0 Å². The van der Waals surface area contributed by atoms with Gasteiger partial charge in [0.2, 0.25) is 0 Å². The maximum atomic E-state index is 3.66. The number of nitrogens with zero attached hydrogens (tertiary/aromatic N) is 1. The van der Waals surface area contributed by atoms with Gasteiger partial charge in [0.25, 0.3) is 0 Å². The minimum Gasteiger partial charge on any atom is -0.316 e. The van der Waals surface area contributed by atoms with E-state index in [2.05, 4.69) is 41.0 Å². The van der Waals surface area contributed by atoms with Crippen LogP contribution in [0.4, 0.5) is 0 Å². The topological polar surface area (TPSA) is 15.3 Å². The Morgan fingerprint density at radius 3 is 2.79 bits per heavy atom. The smallest absolute Gasteiger partial charge is 0.0239 e. The lowest BCUT2D eigenvalue weighted by atomic mass is 9.85. The van der Waals surface area contributed by atoms with Crippen LogP contribution in [0.15, 0.2) is 16.8 Å². The fourth-order valence-corrected chi connectivity index (χ4v) is 4.03. The summed E-state index contributed by atoms with van der Waals surface area (Å²) in [6, 6.07) is 2.25. The lowest BCUT2D eigenvalue weighted by molar-refractivity contribution is 0.168. The molecule has 1 aromatic rings. The molecule has 108 valence electrons. The molecule has 0 spiro atoms. The number of hydrogen-bond donors (Lipinski definition) is 1. The van der Waals surface area contributed by atoms with Gasteiger partial charge in [-0.05, 0) is 60.7 Å². The number of rotatable bonds is 8. The molecule has 0 amide bonds. The van der Waals surface area contributed by atoms with Crippen LogP contribution in [0.1, 0.15) is 44.6 Å². The molecule has 0 radical (unpaired) electrons. The Kier molecular flexibility index (Phi) is 5.86. The van der Waals surface area contributed by atoms with Crippen LogP contribution in [-0.2, 0) is 6.54 Å². The summed E-state index contributed by atoms with van der Waals surface area (Å²) < 4.78 is 0. The normalized spacial score (nSPS) is 18.3. The summed E-state index contributed by atoms with van der Waals surface area (Å²) in [6.07, 6.45) is 6.87. The Labute approximate surface area is 122 Å². The van der Waals surface area contributed by atoms with Crippen molar-refractivity contribution in [1.82, 2.24) is 10.2 Å². The molecule has 1 aliphatic rings. The predicted molar refractivity (Wildman–Crippen MR) is 84.7 cm³/mol. The fraction of sp³-hybridized carbons (Fsp3) is 0.750. The molecule has 0 aromatic carbocycles. The molecule has 1 N–H and O–H groups in total. The van der Waals surface area contributed by atoms with E-state index in [0.717, 1.165) is 13.1 Å². The molecule has 1 fully saturated rings. The largest absolute Gasteiger partial charge is 0.316 e. The summed E-state index contributed by atoms with van der Waals surface area (Å²) in [5.41, 5.74) is 1.99. The number of thiophene rings is 1. The lowest BCUT2D eigenvalue weighted by Crippen LogP contribution is -2.41. The van der Waals surface area contributed by atoms with Gasteiger partial charge in [-0.1, -0.05) is 19.8 Å². The molecule has 0 bridgehead atoms. The third-order valence-corrected chi connectivity index (χ3v) is 4.96. The first-order chi connectivity index (χ1) is 9.24. The standard InChI is InChI=1S/C16H28N2S/c1-3-9-17-13-16(7-4-5-8-16)14-18(2)11-15-6-10-19-12-15/h6,10,12,17H,3-5,7-9,11,13-14H2,1-2H3. The summed E-state index contributed by atoms with van der Waals surface area (Å²) >= 11 is 1.80. The van der Waals surface area contributed by atoms with E-state index in [9.17, 15) is 0 Å². The number of hydrogen-bond acceptors (Lipinski definition) is 3. The van der Waals surface area contributed by atoms with E-state index in [1.54, 1.807) is 11.3 Å². The maximum absolute atomic E-state index is 3.66. The molecule has 2 nitrogen and oxygen atoms in total. The molecular weight excluding hydrogens is 252 g/mol. The van der Waals surface area contributed by atoms with Crippen LogP contribution in [0.25, 0.3) is 0 Å². The van der Waals surface area contributed by atoms with Gasteiger partial charge in [0.1, 0.15) is 0 Å². The Hall–Kier alpha value is -0.380. The van der Waals surface area contributed by atoms with Gasteiger partial charge in [-0.15, -0.1) is 0 Å². The average Bonchev–Trinajstić information content (AvgIpc) is 3.02. The quantitative estimate of drug-likeness (QED) is 0.730. The van der Waals surface area contributed by atoms with E-state index >= 15 is 0 Å². The molecule has 1 heterocycles. The van der Waals surface area contributed by atoms with E-state index in [1.807, 2.05) is 0 Å². The molecule has 0 saturated heterocycles. The summed E-state index contributed by atoms with van der Waals surface area (Å²) in [4.78, 5) is 2.51. The van der Waals surface area contributed by atoms with Crippen LogP contribution in [0, 0.1) is 5.41 Å². The minimum absolute atomic E-state index is 0.528. The van der Waals surface area contributed by atoms with Crippen LogP contribution in [0.2, 0.25) is 0 Å². The molecule has 0 unspecified atom stereocenters. The Morgan fingerprint density at radius 2 is 2.16 bits per heavy atom. The molecule has 3 heteroatoms. The Bertz CT molecular complexity index is 342. The maximum Gasteiger partial charge on any atom is 0.0239 e. The van der Waals surface area contributed by atoms with Crippen LogP contribution in [-0.4, -0.2) is 31.6 Å². The first kappa shape index (κ1) is 15.0. The van der Waals surface area contributed by atoms with Crippen LogP contribution in [0.5, 0.6) is 0 Å². The average molecular weight is 280 g/mol. The zero-order valence-electron chi connectivity index (χ0n) is 12.5. The van der Waals surface area contributed by atoms with E-state index in [-0.39, 0.29) is 0 Å². The molecule has 1 saturated carbocycles. The zero-order chi connectivity index (χ0) is 13.6. The van der Waals surface area contributed by atoms with Crippen molar-refractivity contribution in [2.24, 2.45) is 5.41 Å². The summed E-state index contributed by atoms with van der Waals surface area (Å²) in [6.45, 7) is 6.94. The molecule has 1 aromatic heterocycles. The van der Waals surface area contributed by atoms with E-state index in [0.29, 0.717) is 5.41 Å². The van der Waals surface area contributed by atoms with E-state index in [4.69, 9.17) is 0 Å². The van der Waals surface area contributed by atoms with Crippen LogP contribution < -0.4 is 5.32 Å². The fourth-order valence-electron chi connectivity index (χ4n) is 3.37. The summed E-state index contributed by atoms with van der Waals surface area (Å²) in [5.74, 6) is 0. The van der Waals surface area contributed by atoms with Crippen molar-refractivity contribution < 1.29 is 0 Å². The van der Waals surface area contributed by atoms with Crippen molar-refractivity contribution >= 4 is 11.3 Å². The highest BCUT2D eigenvalue weighted by Gasteiger charge is 2.34. The van der Waals surface area contributed by atoms with Gasteiger partial charge < -0.3 is 10.2 Å². The molecule has 0 aliphatic heterocycles. The molecule has 19 heavy (non-hydrogen) atoms. The molecule has 2 rings (SSSR count). The van der Waals surface area contributed by atoms with Gasteiger partial charge in [0.15, 0.2) is 0 Å². The minimum atomic E-state index is 0.528. The third-order valence-electron chi connectivity index (χ3n) is 4.23. The van der Waals surface area contributed by atoms with Crippen molar-refractivity contribution in [3.63, 3.8) is 0 Å². The Morgan fingerprint density at radius 1 is 1.37 bits per heavy atom. The third kappa shape index (κ3) is 4.59. The van der Waals surface area contributed by atoms with Gasteiger partial charge in [-0.2, -0.15) is 11.3 Å². The SMILES string of the molecule is CCCNCC1(CN(C)Cc2ccsc2)CCCC1. The first-order valence-electron chi connectivity index (χ1n) is 7.64. The first-order valence-corrected chi connectivity index (χ1v) is 8.59. The van der Waals surface area contributed by atoms with Crippen LogP contribution in [0.3, 0.4) is 0 Å². The lowest BCUT2D eigenvalue weighted by Gasteiger charge is -2.34. The van der Waals surface area contributed by atoms with Gasteiger partial charge in [0, 0.05) is 19.6 Å². The van der Waals surface area contributed by atoms with Crippen molar-refractivity contribution in [3.05, 3.63) is 22.4 Å². The second kappa shape index (κ2) is 7.41. The highest BCUT2D eigenvalue weighted by atomic mass is 32.1.